The number of ether oxygens (including phenoxy) is 2. The van der Waals surface area contributed by atoms with Crippen LogP contribution in [0.4, 0.5) is 0 Å². The van der Waals surface area contributed by atoms with Gasteiger partial charge in [-0.15, -0.1) is 0 Å². The Kier molecular flexibility index (Phi) is 5.27. The average Bonchev–Trinajstić information content (AvgIpc) is 2.46. The van der Waals surface area contributed by atoms with E-state index in [0.717, 1.165) is 25.7 Å². The molecule has 2 aliphatic rings. The summed E-state index contributed by atoms with van der Waals surface area (Å²) in [5, 5.41) is 3.88. The Labute approximate surface area is 118 Å². The largest absolute Gasteiger partial charge is 0.381 e. The Hall–Kier alpha value is -0.120. The molecule has 112 valence electrons. The first-order valence-corrected chi connectivity index (χ1v) is 8.07. The maximum Gasteiger partial charge on any atom is 0.0658 e. The van der Waals surface area contributed by atoms with E-state index in [4.69, 9.17) is 9.47 Å². The molecule has 2 rings (SSSR count). The number of rotatable bonds is 6. The smallest absolute Gasteiger partial charge is 0.0658 e. The van der Waals surface area contributed by atoms with Crippen LogP contribution in [0.5, 0.6) is 0 Å². The molecule has 0 amide bonds. The maximum atomic E-state index is 5.88. The van der Waals surface area contributed by atoms with Crippen molar-refractivity contribution in [3.8, 4) is 0 Å². The third-order valence-electron chi connectivity index (χ3n) is 5.55. The van der Waals surface area contributed by atoms with E-state index in [0.29, 0.717) is 23.6 Å². The minimum Gasteiger partial charge on any atom is -0.381 e. The van der Waals surface area contributed by atoms with Crippen LogP contribution in [-0.2, 0) is 9.47 Å². The van der Waals surface area contributed by atoms with Gasteiger partial charge in [0.25, 0.3) is 0 Å². The highest BCUT2D eigenvalue weighted by Crippen LogP contribution is 2.46. The van der Waals surface area contributed by atoms with E-state index in [1.165, 1.54) is 25.7 Å². The summed E-state index contributed by atoms with van der Waals surface area (Å²) in [5.74, 6) is 0.779. The summed E-state index contributed by atoms with van der Waals surface area (Å²) in [4.78, 5) is 0. The van der Waals surface area contributed by atoms with Gasteiger partial charge in [0.2, 0.25) is 0 Å². The Morgan fingerprint density at radius 1 is 1.32 bits per heavy atom. The van der Waals surface area contributed by atoms with Crippen LogP contribution in [0.2, 0.25) is 0 Å². The topological polar surface area (TPSA) is 30.5 Å². The molecule has 1 heterocycles. The summed E-state index contributed by atoms with van der Waals surface area (Å²) < 4.78 is 11.3. The quantitative estimate of drug-likeness (QED) is 0.804. The van der Waals surface area contributed by atoms with Gasteiger partial charge in [0.05, 0.1) is 6.10 Å². The number of hydrogen-bond acceptors (Lipinski definition) is 3. The summed E-state index contributed by atoms with van der Waals surface area (Å²) in [6.07, 6.45) is 5.22. The van der Waals surface area contributed by atoms with E-state index in [1.807, 2.05) is 0 Å². The highest BCUT2D eigenvalue weighted by molar-refractivity contribution is 5.05. The van der Waals surface area contributed by atoms with Crippen LogP contribution in [0.3, 0.4) is 0 Å². The van der Waals surface area contributed by atoms with Gasteiger partial charge in [0, 0.05) is 37.3 Å². The minimum atomic E-state index is 0.315. The van der Waals surface area contributed by atoms with Crippen molar-refractivity contribution in [2.45, 2.75) is 71.6 Å². The second kappa shape index (κ2) is 6.55. The highest BCUT2D eigenvalue weighted by Gasteiger charge is 2.51. The van der Waals surface area contributed by atoms with E-state index in [1.54, 1.807) is 0 Å². The molecule has 3 heteroatoms. The molecule has 4 atom stereocenters. The molecule has 3 nitrogen and oxygen atoms in total. The zero-order valence-electron chi connectivity index (χ0n) is 13.1. The fourth-order valence-electron chi connectivity index (χ4n) is 3.68. The van der Waals surface area contributed by atoms with E-state index >= 15 is 0 Å². The van der Waals surface area contributed by atoms with Gasteiger partial charge in [-0.25, -0.2) is 0 Å². The standard InChI is InChI=1S/C16H31NO2/c1-5-16(4)14(11-15(16)19-6-2)17-12(3)13-7-9-18-10-8-13/h12-15,17H,5-11H2,1-4H3. The molecule has 0 spiro atoms. The van der Waals surface area contributed by atoms with Crippen molar-refractivity contribution in [1.82, 2.24) is 5.32 Å². The highest BCUT2D eigenvalue weighted by atomic mass is 16.5. The van der Waals surface area contributed by atoms with Crippen LogP contribution in [0.1, 0.15) is 53.4 Å². The molecule has 1 saturated heterocycles. The maximum absolute atomic E-state index is 5.88. The number of hydrogen-bond donors (Lipinski definition) is 1. The van der Waals surface area contributed by atoms with Crippen LogP contribution in [-0.4, -0.2) is 38.0 Å². The van der Waals surface area contributed by atoms with Crippen molar-refractivity contribution in [3.63, 3.8) is 0 Å². The first-order valence-electron chi connectivity index (χ1n) is 8.07. The summed E-state index contributed by atoms with van der Waals surface area (Å²) >= 11 is 0. The Morgan fingerprint density at radius 2 is 2.00 bits per heavy atom. The molecule has 0 radical (unpaired) electrons. The van der Waals surface area contributed by atoms with Crippen LogP contribution in [0.25, 0.3) is 0 Å². The Balaban J connectivity index is 1.85. The zero-order chi connectivity index (χ0) is 13.9. The lowest BCUT2D eigenvalue weighted by Gasteiger charge is -2.55. The van der Waals surface area contributed by atoms with Crippen LogP contribution >= 0.6 is 0 Å². The monoisotopic (exact) mass is 269 g/mol. The van der Waals surface area contributed by atoms with E-state index in [9.17, 15) is 0 Å². The zero-order valence-corrected chi connectivity index (χ0v) is 13.1. The van der Waals surface area contributed by atoms with Crippen molar-refractivity contribution in [1.29, 1.82) is 0 Å². The van der Waals surface area contributed by atoms with Gasteiger partial charge in [-0.05, 0) is 45.4 Å². The lowest BCUT2D eigenvalue weighted by atomic mass is 9.61. The normalized spacial score (nSPS) is 37.9. The van der Waals surface area contributed by atoms with Crippen molar-refractivity contribution >= 4 is 0 Å². The molecule has 19 heavy (non-hydrogen) atoms. The van der Waals surface area contributed by atoms with Crippen molar-refractivity contribution < 1.29 is 9.47 Å². The first-order chi connectivity index (χ1) is 9.11. The lowest BCUT2D eigenvalue weighted by Crippen LogP contribution is -2.64. The molecular weight excluding hydrogens is 238 g/mol. The lowest BCUT2D eigenvalue weighted by molar-refractivity contribution is -0.129. The molecule has 0 aromatic heterocycles. The van der Waals surface area contributed by atoms with E-state index in [-0.39, 0.29) is 0 Å². The molecule has 1 aliphatic heterocycles. The predicted molar refractivity (Wildman–Crippen MR) is 78.4 cm³/mol. The summed E-state index contributed by atoms with van der Waals surface area (Å²) in [6.45, 7) is 11.8. The molecule has 0 bridgehead atoms. The van der Waals surface area contributed by atoms with Gasteiger partial charge >= 0.3 is 0 Å². The third kappa shape index (κ3) is 3.14. The van der Waals surface area contributed by atoms with Gasteiger partial charge in [-0.2, -0.15) is 0 Å². The average molecular weight is 269 g/mol. The summed E-state index contributed by atoms with van der Waals surface area (Å²) in [6, 6.07) is 1.22. The first kappa shape index (κ1) is 15.3. The predicted octanol–water partition coefficient (Wildman–Crippen LogP) is 2.98. The summed E-state index contributed by atoms with van der Waals surface area (Å²) in [7, 11) is 0. The molecule has 2 fully saturated rings. The summed E-state index contributed by atoms with van der Waals surface area (Å²) in [5.41, 5.74) is 0.315. The van der Waals surface area contributed by atoms with Crippen LogP contribution in [0, 0.1) is 11.3 Å². The Bertz CT molecular complexity index is 278. The van der Waals surface area contributed by atoms with E-state index < -0.39 is 0 Å². The Morgan fingerprint density at radius 3 is 2.58 bits per heavy atom. The third-order valence-corrected chi connectivity index (χ3v) is 5.55. The molecule has 0 aromatic rings. The fourth-order valence-corrected chi connectivity index (χ4v) is 3.68. The molecule has 1 N–H and O–H groups in total. The molecule has 1 saturated carbocycles. The molecule has 1 aliphatic carbocycles. The molecule has 0 aromatic carbocycles. The van der Waals surface area contributed by atoms with Crippen molar-refractivity contribution in [3.05, 3.63) is 0 Å². The van der Waals surface area contributed by atoms with Gasteiger partial charge < -0.3 is 14.8 Å². The van der Waals surface area contributed by atoms with Gasteiger partial charge in [0.15, 0.2) is 0 Å². The van der Waals surface area contributed by atoms with Crippen molar-refractivity contribution in [2.24, 2.45) is 11.3 Å². The van der Waals surface area contributed by atoms with Gasteiger partial charge in [-0.3, -0.25) is 0 Å². The number of nitrogens with one attached hydrogen (secondary N) is 1. The second-order valence-electron chi connectivity index (χ2n) is 6.50. The second-order valence-corrected chi connectivity index (χ2v) is 6.50. The van der Waals surface area contributed by atoms with Crippen LogP contribution in [0.15, 0.2) is 0 Å². The molecule has 4 unspecified atom stereocenters. The van der Waals surface area contributed by atoms with Crippen molar-refractivity contribution in [2.75, 3.05) is 19.8 Å². The van der Waals surface area contributed by atoms with Gasteiger partial charge in [0.1, 0.15) is 0 Å². The minimum absolute atomic E-state index is 0.315. The fraction of sp³-hybridized carbons (Fsp3) is 1.00. The van der Waals surface area contributed by atoms with Gasteiger partial charge in [-0.1, -0.05) is 13.8 Å². The molecular formula is C16H31NO2. The van der Waals surface area contributed by atoms with E-state index in [2.05, 4.69) is 33.0 Å². The van der Waals surface area contributed by atoms with Crippen LogP contribution < -0.4 is 5.32 Å². The SMILES string of the molecule is CCOC1CC(NC(C)C2CCOCC2)C1(C)CC.